The molecule has 1 amide bonds. The molecular formula is C20H23N3O4S. The lowest BCUT2D eigenvalue weighted by atomic mass is 10.0. The lowest BCUT2D eigenvalue weighted by molar-refractivity contribution is -0.130. The van der Waals surface area contributed by atoms with Gasteiger partial charge in [-0.1, -0.05) is 25.1 Å². The summed E-state index contributed by atoms with van der Waals surface area (Å²) >= 11 is 0. The monoisotopic (exact) mass is 401 g/mol. The third-order valence-corrected chi connectivity index (χ3v) is 7.13. The first-order valence-electron chi connectivity index (χ1n) is 9.39. The van der Waals surface area contributed by atoms with Gasteiger partial charge in [0.05, 0.1) is 25.3 Å². The van der Waals surface area contributed by atoms with Crippen molar-refractivity contribution in [3.05, 3.63) is 54.4 Å². The number of aromatic nitrogens is 1. The van der Waals surface area contributed by atoms with Gasteiger partial charge in [0, 0.05) is 25.6 Å². The Bertz CT molecular complexity index is 980. The number of ether oxygens (including phenoxy) is 1. The predicted octanol–water partition coefficient (Wildman–Crippen LogP) is 2.05. The maximum atomic E-state index is 13.4. The zero-order valence-electron chi connectivity index (χ0n) is 15.7. The molecule has 1 fully saturated rings. The van der Waals surface area contributed by atoms with Crippen LogP contribution in [0.3, 0.4) is 0 Å². The minimum absolute atomic E-state index is 0.0529. The van der Waals surface area contributed by atoms with Crippen molar-refractivity contribution in [1.29, 1.82) is 0 Å². The van der Waals surface area contributed by atoms with E-state index in [2.05, 4.69) is 4.98 Å². The van der Waals surface area contributed by atoms with E-state index in [1.807, 2.05) is 13.0 Å². The molecule has 0 N–H and O–H groups in total. The Kier molecular flexibility index (Phi) is 4.84. The van der Waals surface area contributed by atoms with Crippen LogP contribution in [-0.4, -0.2) is 53.7 Å². The molecular weight excluding hydrogens is 378 g/mol. The van der Waals surface area contributed by atoms with Crippen molar-refractivity contribution in [2.24, 2.45) is 0 Å². The molecule has 0 unspecified atom stereocenters. The summed E-state index contributed by atoms with van der Waals surface area (Å²) in [5.41, 5.74) is -0.0978. The molecule has 3 heterocycles. The molecule has 0 bridgehead atoms. The van der Waals surface area contributed by atoms with Gasteiger partial charge in [0.25, 0.3) is 0 Å². The number of fused-ring (bicyclic) bond motifs is 1. The fourth-order valence-electron chi connectivity index (χ4n) is 3.87. The lowest BCUT2D eigenvalue weighted by Gasteiger charge is -2.31. The van der Waals surface area contributed by atoms with Crippen molar-refractivity contribution in [3.8, 4) is 5.75 Å². The zero-order chi connectivity index (χ0) is 19.8. The molecule has 0 saturated carbocycles. The minimum atomic E-state index is -3.76. The molecule has 2 aliphatic heterocycles. The van der Waals surface area contributed by atoms with E-state index < -0.39 is 15.6 Å². The second kappa shape index (κ2) is 7.18. The summed E-state index contributed by atoms with van der Waals surface area (Å²) in [6.45, 7) is 3.10. The Morgan fingerprint density at radius 2 is 1.96 bits per heavy atom. The van der Waals surface area contributed by atoms with Crippen LogP contribution in [0.1, 0.15) is 25.5 Å². The van der Waals surface area contributed by atoms with Crippen LogP contribution in [0.4, 0.5) is 0 Å². The predicted molar refractivity (Wildman–Crippen MR) is 103 cm³/mol. The maximum absolute atomic E-state index is 13.4. The molecule has 0 radical (unpaired) electrons. The van der Waals surface area contributed by atoms with Gasteiger partial charge in [-0.15, -0.1) is 0 Å². The van der Waals surface area contributed by atoms with Crippen molar-refractivity contribution in [2.75, 3.05) is 19.6 Å². The SMILES string of the molecule is CCC(=O)N1CC[C@@]2(C1)CN(Cc1ccccn1)S(=O)(=O)c1ccccc1O2. The highest BCUT2D eigenvalue weighted by Gasteiger charge is 2.48. The number of para-hydroxylation sites is 1. The maximum Gasteiger partial charge on any atom is 0.247 e. The summed E-state index contributed by atoms with van der Waals surface area (Å²) < 4.78 is 34.5. The second-order valence-electron chi connectivity index (χ2n) is 7.24. The summed E-state index contributed by atoms with van der Waals surface area (Å²) in [5, 5.41) is 0. The van der Waals surface area contributed by atoms with E-state index in [-0.39, 0.29) is 23.9 Å². The van der Waals surface area contributed by atoms with Crippen molar-refractivity contribution in [2.45, 2.75) is 36.8 Å². The van der Waals surface area contributed by atoms with E-state index in [1.54, 1.807) is 47.5 Å². The summed E-state index contributed by atoms with van der Waals surface area (Å²) in [7, 11) is -3.76. The molecule has 8 heteroatoms. The smallest absolute Gasteiger partial charge is 0.247 e. The Hall–Kier alpha value is -2.45. The number of likely N-dealkylation sites (tertiary alicyclic amines) is 1. The topological polar surface area (TPSA) is 79.8 Å². The van der Waals surface area contributed by atoms with E-state index in [0.717, 1.165) is 0 Å². The van der Waals surface area contributed by atoms with Crippen molar-refractivity contribution in [3.63, 3.8) is 0 Å². The molecule has 1 aromatic carbocycles. The number of rotatable bonds is 3. The van der Waals surface area contributed by atoms with Gasteiger partial charge in [0.15, 0.2) is 0 Å². The van der Waals surface area contributed by atoms with E-state index in [1.165, 1.54) is 4.31 Å². The molecule has 148 valence electrons. The van der Waals surface area contributed by atoms with Gasteiger partial charge in [-0.25, -0.2) is 8.42 Å². The highest BCUT2D eigenvalue weighted by atomic mass is 32.2. The number of hydrogen-bond acceptors (Lipinski definition) is 5. The van der Waals surface area contributed by atoms with Gasteiger partial charge in [-0.05, 0) is 24.3 Å². The normalized spacial score (nSPS) is 23.8. The molecule has 1 atom stereocenters. The number of hydrogen-bond donors (Lipinski definition) is 0. The lowest BCUT2D eigenvalue weighted by Crippen LogP contribution is -2.49. The van der Waals surface area contributed by atoms with Crippen molar-refractivity contribution >= 4 is 15.9 Å². The van der Waals surface area contributed by atoms with Gasteiger partial charge < -0.3 is 9.64 Å². The van der Waals surface area contributed by atoms with Gasteiger partial charge in [-0.2, -0.15) is 4.31 Å². The molecule has 4 rings (SSSR count). The van der Waals surface area contributed by atoms with Crippen molar-refractivity contribution in [1.82, 2.24) is 14.2 Å². The van der Waals surface area contributed by atoms with Crippen molar-refractivity contribution < 1.29 is 17.9 Å². The molecule has 1 saturated heterocycles. The van der Waals surface area contributed by atoms with Gasteiger partial charge in [0.1, 0.15) is 16.2 Å². The fourth-order valence-corrected chi connectivity index (χ4v) is 5.47. The molecule has 28 heavy (non-hydrogen) atoms. The van der Waals surface area contributed by atoms with Crippen LogP contribution in [-0.2, 0) is 21.4 Å². The van der Waals surface area contributed by atoms with Crippen LogP contribution in [0.15, 0.2) is 53.6 Å². The van der Waals surface area contributed by atoms with E-state index in [4.69, 9.17) is 4.74 Å². The molecule has 7 nitrogen and oxygen atoms in total. The van der Waals surface area contributed by atoms with E-state index in [0.29, 0.717) is 37.4 Å². The summed E-state index contributed by atoms with van der Waals surface area (Å²) in [4.78, 5) is 18.4. The Labute approximate surface area is 165 Å². The number of nitrogens with zero attached hydrogens (tertiary/aromatic N) is 3. The van der Waals surface area contributed by atoms with Crippen LogP contribution in [0, 0.1) is 0 Å². The number of sulfonamides is 1. The van der Waals surface area contributed by atoms with E-state index in [9.17, 15) is 13.2 Å². The third kappa shape index (κ3) is 3.38. The molecule has 0 aliphatic carbocycles. The second-order valence-corrected chi connectivity index (χ2v) is 9.15. The van der Waals surface area contributed by atoms with E-state index >= 15 is 0 Å². The number of carbonyl (C=O) groups is 1. The number of amides is 1. The molecule has 1 spiro atoms. The Morgan fingerprint density at radius 3 is 2.71 bits per heavy atom. The number of carbonyl (C=O) groups excluding carboxylic acids is 1. The average molecular weight is 401 g/mol. The highest BCUT2D eigenvalue weighted by molar-refractivity contribution is 7.89. The van der Waals surface area contributed by atoms with Gasteiger partial charge in [-0.3, -0.25) is 9.78 Å². The van der Waals surface area contributed by atoms with Crippen LogP contribution in [0.25, 0.3) is 0 Å². The molecule has 2 aliphatic rings. The third-order valence-electron chi connectivity index (χ3n) is 5.29. The number of pyridine rings is 1. The fraction of sp³-hybridized carbons (Fsp3) is 0.400. The first-order valence-corrected chi connectivity index (χ1v) is 10.8. The first kappa shape index (κ1) is 18.9. The summed E-state index contributed by atoms with van der Waals surface area (Å²) in [6, 6.07) is 12.2. The first-order chi connectivity index (χ1) is 13.4. The van der Waals surface area contributed by atoms with Crippen LogP contribution >= 0.6 is 0 Å². The van der Waals surface area contributed by atoms with Crippen LogP contribution in [0.2, 0.25) is 0 Å². The molecule has 1 aromatic heterocycles. The quantitative estimate of drug-likeness (QED) is 0.786. The Balaban J connectivity index is 1.74. The summed E-state index contributed by atoms with van der Waals surface area (Å²) in [5.74, 6) is 0.397. The minimum Gasteiger partial charge on any atom is -0.483 e. The van der Waals surface area contributed by atoms with Gasteiger partial charge >= 0.3 is 0 Å². The van der Waals surface area contributed by atoms with Gasteiger partial charge in [0.2, 0.25) is 15.9 Å². The standard InChI is InChI=1S/C20H23N3O4S/c1-2-19(24)22-12-10-20(14-22)15-23(13-16-7-5-6-11-21-16)28(25,26)18-9-4-3-8-17(18)27-20/h3-9,11H,2,10,12-15H2,1H3/t20-/m1/s1. The van der Waals surface area contributed by atoms with Crippen LogP contribution in [0.5, 0.6) is 5.75 Å². The average Bonchev–Trinajstić information content (AvgIpc) is 3.08. The van der Waals surface area contributed by atoms with Crippen LogP contribution < -0.4 is 4.74 Å². The zero-order valence-corrected chi connectivity index (χ0v) is 16.6. The summed E-state index contributed by atoms with van der Waals surface area (Å²) in [6.07, 6.45) is 2.65. The molecule has 2 aromatic rings. The largest absolute Gasteiger partial charge is 0.483 e. The Morgan fingerprint density at radius 1 is 1.18 bits per heavy atom. The number of benzene rings is 1. The highest BCUT2D eigenvalue weighted by Crippen LogP contribution is 2.38.